The number of anilines is 1. The molecule has 0 saturated heterocycles. The zero-order chi connectivity index (χ0) is 21.3. The number of fused-ring (bicyclic) bond motifs is 3. The van der Waals surface area contributed by atoms with Crippen LogP contribution in [-0.2, 0) is 4.79 Å². The molecule has 0 bridgehead atoms. The SMILES string of the molecule is CCCOc1ccccc1[C@H]1N(C(C)=O)c2ccccc2-c2c(=O)[nH]c(SC)n[n+]21. The van der Waals surface area contributed by atoms with Crippen molar-refractivity contribution in [2.24, 2.45) is 0 Å². The van der Waals surface area contributed by atoms with Gasteiger partial charge in [-0.05, 0) is 41.6 Å². The van der Waals surface area contributed by atoms with Crippen molar-refractivity contribution in [3.05, 3.63) is 64.4 Å². The molecule has 2 heterocycles. The van der Waals surface area contributed by atoms with Crippen LogP contribution in [-0.4, -0.2) is 28.9 Å². The summed E-state index contributed by atoms with van der Waals surface area (Å²) in [7, 11) is 0. The van der Waals surface area contributed by atoms with E-state index in [0.29, 0.717) is 34.5 Å². The number of H-pyrrole nitrogens is 1. The van der Waals surface area contributed by atoms with Gasteiger partial charge < -0.3 is 4.74 Å². The van der Waals surface area contributed by atoms with E-state index in [-0.39, 0.29) is 11.5 Å². The maximum atomic E-state index is 13.1. The van der Waals surface area contributed by atoms with E-state index >= 15 is 0 Å². The molecular formula is C22H23N4O3S+. The quantitative estimate of drug-likeness (QED) is 0.504. The Hall–Kier alpha value is -3.13. The minimum Gasteiger partial charge on any atom is -0.493 e. The zero-order valence-electron chi connectivity index (χ0n) is 17.1. The summed E-state index contributed by atoms with van der Waals surface area (Å²) in [6.45, 7) is 4.11. The molecule has 0 spiro atoms. The molecule has 0 fully saturated rings. The summed E-state index contributed by atoms with van der Waals surface area (Å²) in [6, 6.07) is 15.0. The Balaban J connectivity index is 2.05. The smallest absolute Gasteiger partial charge is 0.325 e. The molecule has 8 heteroatoms. The minimum absolute atomic E-state index is 0.149. The molecule has 30 heavy (non-hydrogen) atoms. The monoisotopic (exact) mass is 423 g/mol. The average molecular weight is 424 g/mol. The number of hydrogen-bond acceptors (Lipinski definition) is 5. The molecule has 154 valence electrons. The van der Waals surface area contributed by atoms with Crippen LogP contribution in [0.2, 0.25) is 0 Å². The van der Waals surface area contributed by atoms with Gasteiger partial charge in [0.2, 0.25) is 11.1 Å². The molecule has 4 rings (SSSR count). The van der Waals surface area contributed by atoms with Gasteiger partial charge in [0.05, 0.1) is 23.4 Å². The highest BCUT2D eigenvalue weighted by atomic mass is 32.2. The van der Waals surface area contributed by atoms with E-state index in [4.69, 9.17) is 4.74 Å². The lowest BCUT2D eigenvalue weighted by Crippen LogP contribution is -2.60. The summed E-state index contributed by atoms with van der Waals surface area (Å²) < 4.78 is 7.63. The van der Waals surface area contributed by atoms with E-state index in [1.54, 1.807) is 9.58 Å². The fourth-order valence-corrected chi connectivity index (χ4v) is 4.09. The van der Waals surface area contributed by atoms with Gasteiger partial charge in [0, 0.05) is 12.0 Å². The molecule has 0 saturated carbocycles. The summed E-state index contributed by atoms with van der Waals surface area (Å²) in [5.41, 5.74) is 2.27. The molecule has 2 aromatic carbocycles. The fraction of sp³-hybridized carbons (Fsp3) is 0.273. The van der Waals surface area contributed by atoms with Gasteiger partial charge in [-0.3, -0.25) is 14.6 Å². The van der Waals surface area contributed by atoms with Crippen molar-refractivity contribution in [3.63, 3.8) is 0 Å². The first kappa shape index (κ1) is 20.2. The van der Waals surface area contributed by atoms with Gasteiger partial charge in [0.15, 0.2) is 0 Å². The lowest BCUT2D eigenvalue weighted by Gasteiger charge is -2.31. The molecule has 7 nitrogen and oxygen atoms in total. The Kier molecular flexibility index (Phi) is 5.59. The largest absolute Gasteiger partial charge is 0.493 e. The Bertz CT molecular complexity index is 1160. The van der Waals surface area contributed by atoms with E-state index in [2.05, 4.69) is 10.1 Å². The van der Waals surface area contributed by atoms with Crippen LogP contribution >= 0.6 is 11.8 Å². The summed E-state index contributed by atoms with van der Waals surface area (Å²) in [4.78, 5) is 30.4. The number of aromatic amines is 1. The number of para-hydroxylation sites is 2. The second-order valence-electron chi connectivity index (χ2n) is 6.92. The molecule has 1 aliphatic rings. The van der Waals surface area contributed by atoms with Gasteiger partial charge in [-0.25, -0.2) is 4.90 Å². The molecule has 1 amide bonds. The minimum atomic E-state index is -0.645. The summed E-state index contributed by atoms with van der Waals surface area (Å²) in [6.07, 6.45) is 2.06. The van der Waals surface area contributed by atoms with Gasteiger partial charge in [-0.2, -0.15) is 0 Å². The van der Waals surface area contributed by atoms with E-state index < -0.39 is 6.17 Å². The molecule has 0 aliphatic carbocycles. The standard InChI is InChI=1S/C22H22N4O3S/c1-4-13-29-18-12-8-6-10-16(18)21-25(14(2)27)17-11-7-5-9-15(17)19-20(28)23-22(30-3)24-26(19)21/h5-12,21H,4,13H2,1-3H3/p+1/t21-/m0/s1. The van der Waals surface area contributed by atoms with Crippen LogP contribution in [0.3, 0.4) is 0 Å². The second-order valence-corrected chi connectivity index (χ2v) is 7.72. The molecule has 1 N–H and O–H groups in total. The first-order valence-electron chi connectivity index (χ1n) is 9.77. The van der Waals surface area contributed by atoms with Gasteiger partial charge >= 0.3 is 11.3 Å². The second kappa shape index (κ2) is 8.31. The predicted molar refractivity (Wildman–Crippen MR) is 116 cm³/mol. The molecule has 1 aromatic heterocycles. The predicted octanol–water partition coefficient (Wildman–Crippen LogP) is 3.15. The van der Waals surface area contributed by atoms with Crippen molar-refractivity contribution < 1.29 is 14.2 Å². The first-order valence-corrected chi connectivity index (χ1v) is 11.0. The zero-order valence-corrected chi connectivity index (χ0v) is 17.9. The first-order chi connectivity index (χ1) is 14.6. The normalized spacial score (nSPS) is 14.8. The van der Waals surface area contributed by atoms with Crippen LogP contribution < -0.4 is 19.9 Å². The topological polar surface area (TPSA) is 79.2 Å². The number of amides is 1. The van der Waals surface area contributed by atoms with E-state index in [9.17, 15) is 9.59 Å². The highest BCUT2D eigenvalue weighted by molar-refractivity contribution is 7.98. The molecule has 0 radical (unpaired) electrons. The van der Waals surface area contributed by atoms with Crippen LogP contribution in [0.4, 0.5) is 5.69 Å². The van der Waals surface area contributed by atoms with Gasteiger partial charge in [-0.15, -0.1) is 0 Å². The maximum Gasteiger partial charge on any atom is 0.325 e. The Morgan fingerprint density at radius 3 is 2.70 bits per heavy atom. The molecule has 1 aliphatic heterocycles. The van der Waals surface area contributed by atoms with Crippen LogP contribution in [0.1, 0.15) is 32.0 Å². The molecule has 1 atom stereocenters. The third kappa shape index (κ3) is 3.37. The number of rotatable bonds is 5. The van der Waals surface area contributed by atoms with E-state index in [1.165, 1.54) is 18.7 Å². The Morgan fingerprint density at radius 1 is 1.23 bits per heavy atom. The third-order valence-corrected chi connectivity index (χ3v) is 5.52. The van der Waals surface area contributed by atoms with Crippen molar-refractivity contribution >= 4 is 23.4 Å². The van der Waals surface area contributed by atoms with E-state index in [0.717, 1.165) is 12.0 Å². The lowest BCUT2D eigenvalue weighted by atomic mass is 10.0. The molecular weight excluding hydrogens is 400 g/mol. The van der Waals surface area contributed by atoms with Gasteiger partial charge in [-0.1, -0.05) is 43.0 Å². The van der Waals surface area contributed by atoms with Gasteiger partial charge in [0.25, 0.3) is 6.17 Å². The number of aromatic nitrogens is 3. The molecule has 3 aromatic rings. The van der Waals surface area contributed by atoms with Crippen molar-refractivity contribution in [1.82, 2.24) is 10.1 Å². The highest BCUT2D eigenvalue weighted by Crippen LogP contribution is 2.39. The number of carbonyl (C=O) groups is 1. The Labute approximate surface area is 178 Å². The number of hydrogen-bond donors (Lipinski definition) is 1. The van der Waals surface area contributed by atoms with Crippen LogP contribution in [0.15, 0.2) is 58.5 Å². The van der Waals surface area contributed by atoms with Crippen molar-refractivity contribution in [1.29, 1.82) is 0 Å². The molecule has 0 unspecified atom stereocenters. The van der Waals surface area contributed by atoms with Crippen molar-refractivity contribution in [2.45, 2.75) is 31.6 Å². The number of ether oxygens (including phenoxy) is 1. The van der Waals surface area contributed by atoms with E-state index in [1.807, 2.05) is 61.7 Å². The number of carbonyl (C=O) groups excluding carboxylic acids is 1. The summed E-state index contributed by atoms with van der Waals surface area (Å²) in [5.74, 6) is 0.518. The van der Waals surface area contributed by atoms with Crippen molar-refractivity contribution in [2.75, 3.05) is 17.8 Å². The Morgan fingerprint density at radius 2 is 1.97 bits per heavy atom. The number of benzene rings is 2. The van der Waals surface area contributed by atoms with Crippen LogP contribution in [0.5, 0.6) is 5.75 Å². The summed E-state index contributed by atoms with van der Waals surface area (Å²) >= 11 is 1.34. The third-order valence-electron chi connectivity index (χ3n) is 4.95. The highest BCUT2D eigenvalue weighted by Gasteiger charge is 2.45. The average Bonchev–Trinajstić information content (AvgIpc) is 2.76. The summed E-state index contributed by atoms with van der Waals surface area (Å²) in [5, 5.41) is 5.15. The number of thioether (sulfide) groups is 1. The van der Waals surface area contributed by atoms with Crippen LogP contribution in [0, 0.1) is 0 Å². The van der Waals surface area contributed by atoms with Crippen LogP contribution in [0.25, 0.3) is 11.3 Å². The van der Waals surface area contributed by atoms with Gasteiger partial charge in [0.1, 0.15) is 5.75 Å². The fourth-order valence-electron chi connectivity index (χ4n) is 3.72. The maximum absolute atomic E-state index is 13.1. The number of nitrogens with zero attached hydrogens (tertiary/aromatic N) is 3. The van der Waals surface area contributed by atoms with Crippen molar-refractivity contribution in [3.8, 4) is 17.0 Å². The lowest BCUT2D eigenvalue weighted by molar-refractivity contribution is -0.763. The number of nitrogens with one attached hydrogen (secondary N) is 1.